The normalized spacial score (nSPS) is 18.1. The first-order valence-corrected chi connectivity index (χ1v) is 12.4. The molecule has 1 atom stereocenters. The third kappa shape index (κ3) is 4.43. The molecule has 2 heterocycles. The van der Waals surface area contributed by atoms with Crippen molar-refractivity contribution >= 4 is 28.8 Å². The number of carbonyl (C=O) groups excluding carboxylic acids is 2. The number of likely N-dealkylation sites (N-methyl/N-ethyl adjacent to an activating group) is 1. The van der Waals surface area contributed by atoms with Crippen molar-refractivity contribution in [2.75, 3.05) is 36.6 Å². The fourth-order valence-corrected chi connectivity index (χ4v) is 4.76. The summed E-state index contributed by atoms with van der Waals surface area (Å²) < 4.78 is 11.5. The molecule has 192 valence electrons. The summed E-state index contributed by atoms with van der Waals surface area (Å²) in [5.41, 5.74) is 2.65. The van der Waals surface area contributed by atoms with E-state index in [4.69, 9.17) is 9.47 Å². The van der Waals surface area contributed by atoms with Crippen molar-refractivity contribution < 1.29 is 24.2 Å². The molecule has 2 aliphatic heterocycles. The number of nitriles is 1. The van der Waals surface area contributed by atoms with Crippen LogP contribution in [0.3, 0.4) is 0 Å². The Morgan fingerprint density at radius 1 is 1.13 bits per heavy atom. The summed E-state index contributed by atoms with van der Waals surface area (Å²) in [7, 11) is 1.93. The van der Waals surface area contributed by atoms with Gasteiger partial charge in [-0.3, -0.25) is 14.5 Å². The Bertz CT molecular complexity index is 1470. The van der Waals surface area contributed by atoms with E-state index in [0.717, 1.165) is 12.1 Å². The van der Waals surface area contributed by atoms with Crippen LogP contribution in [0.15, 0.2) is 72.3 Å². The zero-order valence-corrected chi connectivity index (χ0v) is 21.2. The molecule has 0 saturated carbocycles. The lowest BCUT2D eigenvalue weighted by Crippen LogP contribution is -2.29. The summed E-state index contributed by atoms with van der Waals surface area (Å²) >= 11 is 0. The van der Waals surface area contributed by atoms with Crippen molar-refractivity contribution in [1.29, 1.82) is 5.26 Å². The molecular formula is C30H27N3O5. The van der Waals surface area contributed by atoms with Crippen LogP contribution in [-0.2, 0) is 9.59 Å². The molecule has 3 aromatic rings. The van der Waals surface area contributed by atoms with E-state index in [1.54, 1.807) is 60.7 Å². The van der Waals surface area contributed by atoms with E-state index in [1.807, 2.05) is 24.9 Å². The van der Waals surface area contributed by atoms with E-state index in [2.05, 4.69) is 6.07 Å². The number of Topliss-reactive ketones (excluding diaryl/α,β-unsaturated/α-hetero) is 1. The van der Waals surface area contributed by atoms with E-state index in [-0.39, 0.29) is 11.3 Å². The van der Waals surface area contributed by atoms with Crippen molar-refractivity contribution in [2.24, 2.45) is 0 Å². The fourth-order valence-electron chi connectivity index (χ4n) is 4.76. The maximum Gasteiger partial charge on any atom is 0.300 e. The van der Waals surface area contributed by atoms with Crippen LogP contribution in [0.4, 0.5) is 11.4 Å². The first-order valence-electron chi connectivity index (χ1n) is 12.4. The van der Waals surface area contributed by atoms with Crippen LogP contribution < -0.4 is 19.3 Å². The molecule has 0 spiro atoms. The second-order valence-electron chi connectivity index (χ2n) is 9.20. The van der Waals surface area contributed by atoms with Gasteiger partial charge in [-0.25, -0.2) is 0 Å². The maximum absolute atomic E-state index is 13.5. The number of benzene rings is 3. The molecule has 1 fully saturated rings. The molecule has 1 saturated heterocycles. The summed E-state index contributed by atoms with van der Waals surface area (Å²) in [6.07, 6.45) is 0.824. The molecule has 0 bridgehead atoms. The monoisotopic (exact) mass is 509 g/mol. The summed E-state index contributed by atoms with van der Waals surface area (Å²) in [5, 5.41) is 20.7. The average Bonchev–Trinajstić information content (AvgIpc) is 3.21. The Morgan fingerprint density at radius 2 is 1.92 bits per heavy atom. The topological polar surface area (TPSA) is 103 Å². The van der Waals surface area contributed by atoms with Crippen LogP contribution in [-0.4, -0.2) is 43.6 Å². The molecule has 3 aromatic carbocycles. The predicted molar refractivity (Wildman–Crippen MR) is 143 cm³/mol. The molecule has 8 nitrogen and oxygen atoms in total. The van der Waals surface area contributed by atoms with E-state index < -0.39 is 17.7 Å². The molecule has 0 aromatic heterocycles. The Labute approximate surface area is 220 Å². The fraction of sp³-hybridized carbons (Fsp3) is 0.233. The number of amides is 1. The van der Waals surface area contributed by atoms with Crippen molar-refractivity contribution in [3.63, 3.8) is 0 Å². The van der Waals surface area contributed by atoms with Crippen LogP contribution in [0.1, 0.15) is 36.1 Å². The second-order valence-corrected chi connectivity index (χ2v) is 9.20. The highest BCUT2D eigenvalue weighted by Crippen LogP contribution is 2.44. The van der Waals surface area contributed by atoms with E-state index in [9.17, 15) is 20.0 Å². The van der Waals surface area contributed by atoms with E-state index in [1.165, 1.54) is 4.90 Å². The smallest absolute Gasteiger partial charge is 0.300 e. The van der Waals surface area contributed by atoms with Gasteiger partial charge in [0.2, 0.25) is 0 Å². The van der Waals surface area contributed by atoms with Gasteiger partial charge in [0.05, 0.1) is 42.1 Å². The number of hydrogen-bond acceptors (Lipinski definition) is 7. The molecular weight excluding hydrogens is 482 g/mol. The highest BCUT2D eigenvalue weighted by atomic mass is 16.5. The number of aliphatic hydroxyl groups excluding tert-OH is 1. The molecule has 38 heavy (non-hydrogen) atoms. The molecule has 0 radical (unpaired) electrons. The second kappa shape index (κ2) is 10.3. The van der Waals surface area contributed by atoms with Gasteiger partial charge in [0.15, 0.2) is 0 Å². The highest BCUT2D eigenvalue weighted by Gasteiger charge is 2.47. The molecule has 8 heteroatoms. The Balaban J connectivity index is 1.67. The minimum atomic E-state index is -0.905. The Kier molecular flexibility index (Phi) is 6.75. The summed E-state index contributed by atoms with van der Waals surface area (Å²) in [5.74, 6) is -0.544. The largest absolute Gasteiger partial charge is 0.507 e. The molecule has 1 amide bonds. The van der Waals surface area contributed by atoms with Crippen molar-refractivity contribution in [2.45, 2.75) is 19.4 Å². The maximum atomic E-state index is 13.5. The number of hydrogen-bond donors (Lipinski definition) is 1. The van der Waals surface area contributed by atoms with Crippen molar-refractivity contribution in [1.82, 2.24) is 0 Å². The number of nitrogens with zero attached hydrogens (tertiary/aromatic N) is 3. The number of fused-ring (bicyclic) bond motifs is 1. The molecule has 1 N–H and O–H groups in total. The summed E-state index contributed by atoms with van der Waals surface area (Å²) in [6, 6.07) is 20.0. The minimum Gasteiger partial charge on any atom is -0.507 e. The van der Waals surface area contributed by atoms with E-state index in [0.29, 0.717) is 53.6 Å². The number of rotatable bonds is 6. The first-order chi connectivity index (χ1) is 18.4. The van der Waals surface area contributed by atoms with Gasteiger partial charge in [0.25, 0.3) is 11.7 Å². The highest BCUT2D eigenvalue weighted by molar-refractivity contribution is 6.51. The van der Waals surface area contributed by atoms with Gasteiger partial charge >= 0.3 is 0 Å². The minimum absolute atomic E-state index is 0.0219. The Hall–Kier alpha value is -4.77. The standard InChI is InChI=1S/C30H27N3O5/c1-3-14-37-23-6-4-5-20(16-23)27-26(28(34)21-9-12-25-24(17-21)32(2)13-15-38-25)29(35)30(36)33(27)22-10-7-19(18-31)8-11-22/h4-12,16-17,27,34H,3,13-15H2,1-2H3/b28-26-. The van der Waals surface area contributed by atoms with Crippen LogP contribution in [0.2, 0.25) is 0 Å². The molecule has 1 unspecified atom stereocenters. The van der Waals surface area contributed by atoms with Gasteiger partial charge < -0.3 is 19.5 Å². The van der Waals surface area contributed by atoms with Gasteiger partial charge in [0, 0.05) is 18.3 Å². The van der Waals surface area contributed by atoms with Crippen LogP contribution in [0.25, 0.3) is 5.76 Å². The predicted octanol–water partition coefficient (Wildman–Crippen LogP) is 4.80. The first kappa shape index (κ1) is 24.9. The zero-order valence-electron chi connectivity index (χ0n) is 21.2. The van der Waals surface area contributed by atoms with Crippen LogP contribution in [0.5, 0.6) is 11.5 Å². The SMILES string of the molecule is CCCOc1cccc(C2/C(=C(/O)c3ccc4c(c3)N(C)CCO4)C(=O)C(=O)N2c2ccc(C#N)cc2)c1. The van der Waals surface area contributed by atoms with Crippen LogP contribution in [0, 0.1) is 11.3 Å². The summed E-state index contributed by atoms with van der Waals surface area (Å²) in [4.78, 5) is 30.3. The average molecular weight is 510 g/mol. The Morgan fingerprint density at radius 3 is 2.66 bits per heavy atom. The third-order valence-electron chi connectivity index (χ3n) is 6.69. The lowest BCUT2D eigenvalue weighted by Gasteiger charge is -2.28. The van der Waals surface area contributed by atoms with Gasteiger partial charge in [-0.1, -0.05) is 19.1 Å². The van der Waals surface area contributed by atoms with Crippen LogP contribution >= 0.6 is 0 Å². The number of anilines is 2. The molecule has 0 aliphatic carbocycles. The number of aliphatic hydroxyl groups is 1. The van der Waals surface area contributed by atoms with Gasteiger partial charge in [-0.05, 0) is 66.6 Å². The van der Waals surface area contributed by atoms with E-state index >= 15 is 0 Å². The molecule has 5 rings (SSSR count). The number of ketones is 1. The molecule has 2 aliphatic rings. The number of ether oxygens (including phenoxy) is 2. The number of carbonyl (C=O) groups is 2. The quantitative estimate of drug-likeness (QED) is 0.289. The lowest BCUT2D eigenvalue weighted by molar-refractivity contribution is -0.132. The van der Waals surface area contributed by atoms with Crippen molar-refractivity contribution in [3.8, 4) is 17.6 Å². The third-order valence-corrected chi connectivity index (χ3v) is 6.69. The van der Waals surface area contributed by atoms with Gasteiger partial charge in [-0.15, -0.1) is 0 Å². The van der Waals surface area contributed by atoms with Gasteiger partial charge in [-0.2, -0.15) is 5.26 Å². The lowest BCUT2D eigenvalue weighted by atomic mass is 9.94. The van der Waals surface area contributed by atoms with Crippen molar-refractivity contribution in [3.05, 3.63) is 89.0 Å². The van der Waals surface area contributed by atoms with Gasteiger partial charge in [0.1, 0.15) is 23.9 Å². The zero-order chi connectivity index (χ0) is 26.8. The summed E-state index contributed by atoms with van der Waals surface area (Å²) in [6.45, 7) is 3.76.